The molecule has 0 bridgehead atoms. The van der Waals surface area contributed by atoms with E-state index in [1.165, 1.54) is 24.3 Å². The first-order valence-electron chi connectivity index (χ1n) is 13.9. The molecule has 0 fully saturated rings. The van der Waals surface area contributed by atoms with Crippen molar-refractivity contribution in [3.63, 3.8) is 0 Å². The maximum absolute atomic E-state index is 14.6. The largest absolute Gasteiger partial charge is 0.385 e. The highest BCUT2D eigenvalue weighted by Gasteiger charge is 2.70. The lowest BCUT2D eigenvalue weighted by molar-refractivity contribution is -0.167. The Morgan fingerprint density at radius 3 is 1.95 bits per heavy atom. The average molecular weight is 574 g/mol. The summed E-state index contributed by atoms with van der Waals surface area (Å²) >= 11 is 0. The number of aliphatic hydroxyl groups is 2. The molecule has 228 valence electrons. The highest BCUT2D eigenvalue weighted by Crippen LogP contribution is 2.44. The first-order chi connectivity index (χ1) is 19.1. The summed E-state index contributed by atoms with van der Waals surface area (Å²) in [6.45, 7) is 12.1. The van der Waals surface area contributed by atoms with Crippen LogP contribution in [-0.4, -0.2) is 82.0 Å². The van der Waals surface area contributed by atoms with E-state index in [9.17, 15) is 34.2 Å². The number of ketones is 3. The van der Waals surface area contributed by atoms with Gasteiger partial charge >= 0.3 is 0 Å². The fraction of sp³-hybridized carbons (Fsp3) is 0.581. The molecule has 0 saturated carbocycles. The Balaban J connectivity index is 4.43. The number of hydrogen-bond donors (Lipinski definition) is 4. The molecule has 1 aromatic carbocycles. The van der Waals surface area contributed by atoms with Crippen molar-refractivity contribution in [3.8, 4) is 0 Å². The van der Waals surface area contributed by atoms with Crippen molar-refractivity contribution >= 4 is 29.5 Å². The van der Waals surface area contributed by atoms with Gasteiger partial charge in [0.2, 0.25) is 0 Å². The quantitative estimate of drug-likeness (QED) is 0.115. The molecule has 0 heterocycles. The van der Waals surface area contributed by atoms with E-state index >= 15 is 0 Å². The third kappa shape index (κ3) is 7.43. The van der Waals surface area contributed by atoms with Crippen molar-refractivity contribution in [1.82, 2.24) is 4.90 Å². The zero-order valence-electron chi connectivity index (χ0n) is 25.1. The van der Waals surface area contributed by atoms with Crippen LogP contribution in [0, 0.1) is 11.8 Å². The normalized spacial score (nSPS) is 16.7. The molecule has 0 aliphatic carbocycles. The second-order valence-corrected chi connectivity index (χ2v) is 11.6. The molecule has 6 N–H and O–H groups in total. The van der Waals surface area contributed by atoms with Crippen molar-refractivity contribution in [1.29, 1.82) is 0 Å². The molecule has 0 radical (unpaired) electrons. The molecule has 0 saturated heterocycles. The first kappa shape index (κ1) is 36.0. The topological polar surface area (TPSA) is 181 Å². The molecule has 1 rings (SSSR count). The maximum atomic E-state index is 14.6. The van der Waals surface area contributed by atoms with Crippen molar-refractivity contribution in [2.75, 3.05) is 13.6 Å². The van der Waals surface area contributed by atoms with Gasteiger partial charge in [-0.25, -0.2) is 0 Å². The van der Waals surface area contributed by atoms with Gasteiger partial charge in [0.1, 0.15) is 12.2 Å². The Bertz CT molecular complexity index is 1100. The van der Waals surface area contributed by atoms with Crippen LogP contribution < -0.4 is 11.5 Å². The number of aliphatic hydroxyl groups excluding tert-OH is 2. The molecule has 41 heavy (non-hydrogen) atoms. The van der Waals surface area contributed by atoms with Gasteiger partial charge in [-0.05, 0) is 43.7 Å². The Labute approximate surface area is 243 Å². The fourth-order valence-electron chi connectivity index (χ4n) is 5.41. The van der Waals surface area contributed by atoms with Gasteiger partial charge in [-0.15, -0.1) is 6.58 Å². The number of amides is 1. The van der Waals surface area contributed by atoms with E-state index in [1.807, 2.05) is 0 Å². The molecule has 0 spiro atoms. The average Bonchev–Trinajstić information content (AvgIpc) is 2.89. The standard InChI is InChI=1S/C31H47N3O7/c1-19(2)15-23(33)27(39)30(18-35,34(7)29(41)25(37)17-21(5)6)31(26(38)13-14-32,22-11-9-8-10-12-22)28(40)24(36)16-20(3)4/h8-12,18-20,23-25,36-37H,5,13-17,32-33H2,1-4,6-7H3/t23-,24?,25-,30-,31?/m0/s1. The number of rotatable bonds is 18. The van der Waals surface area contributed by atoms with Crippen LogP contribution in [0.1, 0.15) is 65.9 Å². The number of benzene rings is 1. The highest BCUT2D eigenvalue weighted by molar-refractivity contribution is 6.26. The molecule has 10 heteroatoms. The highest BCUT2D eigenvalue weighted by atomic mass is 16.3. The Kier molecular flexibility index (Phi) is 13.4. The number of likely N-dealkylation sites (N-methyl/N-ethyl adjacent to an activating group) is 1. The van der Waals surface area contributed by atoms with Crippen LogP contribution in [0.3, 0.4) is 0 Å². The number of nitrogens with zero attached hydrogens (tertiary/aromatic N) is 1. The van der Waals surface area contributed by atoms with Crippen molar-refractivity contribution < 1.29 is 34.2 Å². The van der Waals surface area contributed by atoms with E-state index in [2.05, 4.69) is 6.58 Å². The maximum Gasteiger partial charge on any atom is 0.252 e. The summed E-state index contributed by atoms with van der Waals surface area (Å²) in [4.78, 5) is 71.4. The second kappa shape index (κ2) is 15.3. The number of nitrogens with two attached hydrogens (primary N) is 2. The van der Waals surface area contributed by atoms with E-state index in [0.717, 1.165) is 7.05 Å². The van der Waals surface area contributed by atoms with Crippen LogP contribution in [0.5, 0.6) is 0 Å². The lowest BCUT2D eigenvalue weighted by atomic mass is 9.55. The lowest BCUT2D eigenvalue weighted by Gasteiger charge is -2.50. The molecule has 10 nitrogen and oxygen atoms in total. The molecule has 1 aromatic rings. The summed E-state index contributed by atoms with van der Waals surface area (Å²) < 4.78 is 0. The minimum atomic E-state index is -2.88. The van der Waals surface area contributed by atoms with Crippen LogP contribution in [-0.2, 0) is 29.4 Å². The zero-order chi connectivity index (χ0) is 31.7. The number of Topliss-reactive ketones (excluding diaryl/α,β-unsaturated/α-hetero) is 3. The first-order valence-corrected chi connectivity index (χ1v) is 13.9. The van der Waals surface area contributed by atoms with Gasteiger partial charge in [0.25, 0.3) is 5.91 Å². The van der Waals surface area contributed by atoms with Crippen LogP contribution in [0.2, 0.25) is 0 Å². The summed E-state index contributed by atoms with van der Waals surface area (Å²) in [7, 11) is 1.08. The van der Waals surface area contributed by atoms with Gasteiger partial charge < -0.3 is 31.4 Å². The van der Waals surface area contributed by atoms with E-state index in [4.69, 9.17) is 11.5 Å². The number of hydrogen-bond acceptors (Lipinski definition) is 9. The minimum absolute atomic E-state index is 0.0590. The predicted octanol–water partition coefficient (Wildman–Crippen LogP) is 1.48. The van der Waals surface area contributed by atoms with Gasteiger partial charge in [0.15, 0.2) is 34.6 Å². The second-order valence-electron chi connectivity index (χ2n) is 11.6. The smallest absolute Gasteiger partial charge is 0.252 e. The van der Waals surface area contributed by atoms with Crippen LogP contribution >= 0.6 is 0 Å². The Morgan fingerprint density at radius 1 is 0.976 bits per heavy atom. The molecule has 5 atom stereocenters. The van der Waals surface area contributed by atoms with Gasteiger partial charge in [-0.2, -0.15) is 0 Å². The number of carbonyl (C=O) groups excluding carboxylic acids is 5. The minimum Gasteiger partial charge on any atom is -0.385 e. The van der Waals surface area contributed by atoms with Crippen LogP contribution in [0.4, 0.5) is 0 Å². The van der Waals surface area contributed by atoms with E-state index < -0.39 is 58.9 Å². The van der Waals surface area contributed by atoms with E-state index in [-0.39, 0.29) is 49.5 Å². The van der Waals surface area contributed by atoms with Gasteiger partial charge in [0.05, 0.1) is 6.04 Å². The number of aldehydes is 1. The van der Waals surface area contributed by atoms with Crippen LogP contribution in [0.15, 0.2) is 42.5 Å². The van der Waals surface area contributed by atoms with Gasteiger partial charge in [-0.3, -0.25) is 19.2 Å². The molecule has 1 amide bonds. The van der Waals surface area contributed by atoms with Crippen molar-refractivity contribution in [2.24, 2.45) is 23.3 Å². The fourth-order valence-corrected chi connectivity index (χ4v) is 5.41. The van der Waals surface area contributed by atoms with E-state index in [1.54, 1.807) is 40.7 Å². The van der Waals surface area contributed by atoms with Gasteiger partial charge in [-0.1, -0.05) is 63.6 Å². The Hall–Kier alpha value is -3.05. The third-order valence-electron chi connectivity index (χ3n) is 7.23. The molecule has 0 aliphatic heterocycles. The van der Waals surface area contributed by atoms with Gasteiger partial charge in [0, 0.05) is 19.9 Å². The molecular formula is C31H47N3O7. The SMILES string of the molecule is C=C(C)C[C@H](O)C(=O)N(C)[C@@](C=O)(C(=O)[C@@H](N)CC(C)C)C(C(=O)CCN)(C(=O)C(O)CC(C)C)c1ccccc1. The summed E-state index contributed by atoms with van der Waals surface area (Å²) in [6.07, 6.45) is -4.17. The van der Waals surface area contributed by atoms with Crippen molar-refractivity contribution in [3.05, 3.63) is 48.0 Å². The summed E-state index contributed by atoms with van der Waals surface area (Å²) in [5, 5.41) is 22.0. The molecule has 2 unspecified atom stereocenters. The van der Waals surface area contributed by atoms with Crippen molar-refractivity contribution in [2.45, 2.75) is 89.5 Å². The third-order valence-corrected chi connectivity index (χ3v) is 7.23. The summed E-state index contributed by atoms with van der Waals surface area (Å²) in [5.74, 6) is -4.60. The zero-order valence-corrected chi connectivity index (χ0v) is 25.1. The summed E-state index contributed by atoms with van der Waals surface area (Å²) in [6, 6.07) is 6.00. The van der Waals surface area contributed by atoms with Crippen LogP contribution in [0.25, 0.3) is 0 Å². The molecule has 0 aromatic heterocycles. The molecular weight excluding hydrogens is 526 g/mol. The molecule has 0 aliphatic rings. The lowest BCUT2D eigenvalue weighted by Crippen LogP contribution is -2.77. The predicted molar refractivity (Wildman–Crippen MR) is 157 cm³/mol. The Morgan fingerprint density at radius 2 is 1.51 bits per heavy atom. The number of carbonyl (C=O) groups is 5. The monoisotopic (exact) mass is 573 g/mol. The van der Waals surface area contributed by atoms with E-state index in [0.29, 0.717) is 10.5 Å². The summed E-state index contributed by atoms with van der Waals surface area (Å²) in [5.41, 5.74) is 6.86.